The number of benzene rings is 2. The van der Waals surface area contributed by atoms with E-state index >= 15 is 0 Å². The fourth-order valence-corrected chi connectivity index (χ4v) is 3.15. The third kappa shape index (κ3) is 3.43. The highest BCUT2D eigenvalue weighted by Gasteiger charge is 2.08. The number of hydrogen-bond acceptors (Lipinski definition) is 4. The maximum atomic E-state index is 12.7. The van der Waals surface area contributed by atoms with Crippen LogP contribution in [0.15, 0.2) is 64.3 Å². The zero-order valence-electron chi connectivity index (χ0n) is 14.1. The van der Waals surface area contributed by atoms with Crippen LogP contribution in [0.5, 0.6) is 0 Å². The zero-order valence-corrected chi connectivity index (χ0v) is 15.7. The fraction of sp³-hybridized carbons (Fsp3) is 0.158. The second-order valence-corrected chi connectivity index (χ2v) is 7.15. The van der Waals surface area contributed by atoms with Crippen LogP contribution in [0.4, 0.5) is 0 Å². The van der Waals surface area contributed by atoms with E-state index in [2.05, 4.69) is 62.4 Å². The van der Waals surface area contributed by atoms with Gasteiger partial charge in [0.2, 0.25) is 0 Å². The molecule has 0 radical (unpaired) electrons. The Morgan fingerprint density at radius 1 is 1.08 bits per heavy atom. The highest BCUT2D eigenvalue weighted by atomic mass is 79.9. The Kier molecular flexibility index (Phi) is 4.38. The molecule has 6 nitrogen and oxygen atoms in total. The number of fused-ring (bicyclic) bond motifs is 1. The predicted octanol–water partition coefficient (Wildman–Crippen LogP) is 3.16. The van der Waals surface area contributed by atoms with Gasteiger partial charge in [0.05, 0.1) is 36.5 Å². The highest BCUT2D eigenvalue weighted by Crippen LogP contribution is 2.15. The first-order valence-electron chi connectivity index (χ1n) is 8.18. The molecular weight excluding hydrogens is 394 g/mol. The summed E-state index contributed by atoms with van der Waals surface area (Å²) in [5, 5.41) is 8.92. The van der Waals surface area contributed by atoms with Crippen LogP contribution in [-0.2, 0) is 13.1 Å². The van der Waals surface area contributed by atoms with E-state index in [0.29, 0.717) is 24.0 Å². The van der Waals surface area contributed by atoms with Gasteiger partial charge in [-0.15, -0.1) is 5.10 Å². The van der Waals surface area contributed by atoms with Gasteiger partial charge in [0, 0.05) is 4.47 Å². The van der Waals surface area contributed by atoms with Crippen molar-refractivity contribution in [2.75, 3.05) is 0 Å². The molecule has 0 bridgehead atoms. The van der Waals surface area contributed by atoms with Crippen LogP contribution in [0.1, 0.15) is 16.8 Å². The molecular formula is C19H16BrN5O. The Hall–Kier alpha value is -2.80. The smallest absolute Gasteiger partial charge is 0.261 e. The molecule has 130 valence electrons. The number of rotatable bonds is 4. The lowest BCUT2D eigenvalue weighted by Gasteiger charge is -2.04. The lowest BCUT2D eigenvalue weighted by atomic mass is 10.1. The average Bonchev–Trinajstić information content (AvgIpc) is 3.07. The van der Waals surface area contributed by atoms with Gasteiger partial charge in [-0.3, -0.25) is 9.36 Å². The summed E-state index contributed by atoms with van der Waals surface area (Å²) < 4.78 is 4.18. The third-order valence-electron chi connectivity index (χ3n) is 4.17. The van der Waals surface area contributed by atoms with Crippen LogP contribution < -0.4 is 5.56 Å². The first-order chi connectivity index (χ1) is 12.6. The summed E-state index contributed by atoms with van der Waals surface area (Å²) in [6, 6.07) is 13.8. The van der Waals surface area contributed by atoms with Crippen molar-refractivity contribution in [3.63, 3.8) is 0 Å². The summed E-state index contributed by atoms with van der Waals surface area (Å²) >= 11 is 3.40. The molecule has 0 saturated carbocycles. The molecule has 4 aromatic rings. The first kappa shape index (κ1) is 16.7. The summed E-state index contributed by atoms with van der Waals surface area (Å²) in [5.41, 5.74) is 3.68. The Morgan fingerprint density at radius 3 is 2.69 bits per heavy atom. The number of aryl methyl sites for hydroxylation is 1. The molecule has 4 rings (SSSR count). The molecule has 2 aromatic heterocycles. The Labute approximate surface area is 158 Å². The summed E-state index contributed by atoms with van der Waals surface area (Å²) in [5.74, 6) is 0. The Bertz CT molecular complexity index is 1130. The molecule has 0 aliphatic carbocycles. The van der Waals surface area contributed by atoms with Gasteiger partial charge in [-0.05, 0) is 30.7 Å². The minimum absolute atomic E-state index is 0.0932. The lowest BCUT2D eigenvalue weighted by molar-refractivity contribution is 0.648. The largest absolute Gasteiger partial charge is 0.293 e. The van der Waals surface area contributed by atoms with Gasteiger partial charge in [-0.2, -0.15) is 0 Å². The van der Waals surface area contributed by atoms with Gasteiger partial charge in [-0.1, -0.05) is 51.0 Å². The lowest BCUT2D eigenvalue weighted by Crippen LogP contribution is -2.21. The molecule has 0 amide bonds. The normalized spacial score (nSPS) is 11.2. The van der Waals surface area contributed by atoms with E-state index in [4.69, 9.17) is 0 Å². The van der Waals surface area contributed by atoms with Crippen molar-refractivity contribution in [1.29, 1.82) is 0 Å². The average molecular weight is 410 g/mol. The van der Waals surface area contributed by atoms with E-state index in [9.17, 15) is 4.79 Å². The van der Waals surface area contributed by atoms with E-state index in [1.807, 2.05) is 18.3 Å². The van der Waals surface area contributed by atoms with E-state index in [1.165, 1.54) is 5.56 Å². The molecule has 0 fully saturated rings. The van der Waals surface area contributed by atoms with Crippen LogP contribution in [0, 0.1) is 6.92 Å². The zero-order chi connectivity index (χ0) is 18.1. The van der Waals surface area contributed by atoms with Crippen molar-refractivity contribution in [1.82, 2.24) is 24.5 Å². The monoisotopic (exact) mass is 409 g/mol. The van der Waals surface area contributed by atoms with Gasteiger partial charge in [-0.25, -0.2) is 9.67 Å². The first-order valence-corrected chi connectivity index (χ1v) is 8.97. The van der Waals surface area contributed by atoms with Crippen molar-refractivity contribution in [2.45, 2.75) is 20.0 Å². The topological polar surface area (TPSA) is 65.6 Å². The number of aromatic nitrogens is 5. The molecule has 2 aromatic carbocycles. The number of hydrogen-bond donors (Lipinski definition) is 0. The maximum absolute atomic E-state index is 12.7. The standard InChI is InChI=1S/C19H16BrN5O/c1-13-2-4-14(5-3-13)9-25-11-16(22-23-25)10-24-12-21-18-7-6-15(20)8-17(18)19(24)26/h2-8,11-12H,9-10H2,1H3. The summed E-state index contributed by atoms with van der Waals surface area (Å²) in [6.45, 7) is 3.04. The second kappa shape index (κ2) is 6.84. The predicted molar refractivity (Wildman–Crippen MR) is 103 cm³/mol. The molecule has 0 aliphatic heterocycles. The van der Waals surface area contributed by atoms with Crippen molar-refractivity contribution in [3.05, 3.63) is 86.6 Å². The van der Waals surface area contributed by atoms with Crippen molar-refractivity contribution in [2.24, 2.45) is 0 Å². The number of halogens is 1. The molecule has 0 spiro atoms. The molecule has 0 aliphatic rings. The van der Waals surface area contributed by atoms with Gasteiger partial charge >= 0.3 is 0 Å². The van der Waals surface area contributed by atoms with Crippen LogP contribution in [0.25, 0.3) is 10.9 Å². The number of nitrogens with zero attached hydrogens (tertiary/aromatic N) is 5. The van der Waals surface area contributed by atoms with Crippen molar-refractivity contribution >= 4 is 26.8 Å². The molecule has 2 heterocycles. The minimum Gasteiger partial charge on any atom is -0.293 e. The van der Waals surface area contributed by atoms with E-state index in [1.54, 1.807) is 21.6 Å². The molecule has 0 N–H and O–H groups in total. The van der Waals surface area contributed by atoms with Crippen molar-refractivity contribution < 1.29 is 0 Å². The van der Waals surface area contributed by atoms with Gasteiger partial charge < -0.3 is 0 Å². The SMILES string of the molecule is Cc1ccc(Cn2cc(Cn3cnc4ccc(Br)cc4c3=O)nn2)cc1. The third-order valence-corrected chi connectivity index (χ3v) is 4.66. The fourth-order valence-electron chi connectivity index (χ4n) is 2.79. The van der Waals surface area contributed by atoms with Crippen LogP contribution in [0.3, 0.4) is 0 Å². The Morgan fingerprint density at radius 2 is 1.88 bits per heavy atom. The Balaban J connectivity index is 1.57. The maximum Gasteiger partial charge on any atom is 0.261 e. The summed E-state index contributed by atoms with van der Waals surface area (Å²) in [6.07, 6.45) is 3.41. The van der Waals surface area contributed by atoms with Gasteiger partial charge in [0.1, 0.15) is 5.69 Å². The molecule has 7 heteroatoms. The van der Waals surface area contributed by atoms with E-state index in [-0.39, 0.29) is 5.56 Å². The minimum atomic E-state index is -0.0932. The van der Waals surface area contributed by atoms with Gasteiger partial charge in [0.15, 0.2) is 0 Å². The molecule has 0 atom stereocenters. The van der Waals surface area contributed by atoms with Crippen LogP contribution in [-0.4, -0.2) is 24.5 Å². The molecule has 0 unspecified atom stereocenters. The van der Waals surface area contributed by atoms with E-state index < -0.39 is 0 Å². The quantitative estimate of drug-likeness (QED) is 0.519. The molecule has 26 heavy (non-hydrogen) atoms. The summed E-state index contributed by atoms with van der Waals surface area (Å²) in [4.78, 5) is 17.0. The van der Waals surface area contributed by atoms with Crippen molar-refractivity contribution in [3.8, 4) is 0 Å². The second-order valence-electron chi connectivity index (χ2n) is 6.23. The van der Waals surface area contributed by atoms with Gasteiger partial charge in [0.25, 0.3) is 5.56 Å². The van der Waals surface area contributed by atoms with Crippen LogP contribution in [0.2, 0.25) is 0 Å². The highest BCUT2D eigenvalue weighted by molar-refractivity contribution is 9.10. The molecule has 0 saturated heterocycles. The van der Waals surface area contributed by atoms with Crippen LogP contribution >= 0.6 is 15.9 Å². The summed E-state index contributed by atoms with van der Waals surface area (Å²) in [7, 11) is 0. The van der Waals surface area contributed by atoms with E-state index in [0.717, 1.165) is 15.7 Å².